The van der Waals surface area contributed by atoms with Crippen molar-refractivity contribution in [1.82, 2.24) is 0 Å². The molecule has 0 amide bonds. The fraction of sp³-hybridized carbons (Fsp3) is 0.533. The van der Waals surface area contributed by atoms with Gasteiger partial charge in [-0.15, -0.1) is 0 Å². The highest BCUT2D eigenvalue weighted by molar-refractivity contribution is 5.85. The minimum absolute atomic E-state index is 0.206. The molecule has 2 heterocycles. The Morgan fingerprint density at radius 1 is 1.26 bits per heavy atom. The summed E-state index contributed by atoms with van der Waals surface area (Å²) in [4.78, 5) is 11.9. The second kappa shape index (κ2) is 4.23. The van der Waals surface area contributed by atoms with Crippen molar-refractivity contribution in [3.8, 4) is 11.5 Å². The van der Waals surface area contributed by atoms with Gasteiger partial charge in [0, 0.05) is 12.8 Å². The van der Waals surface area contributed by atoms with Crippen LogP contribution in [0.3, 0.4) is 0 Å². The average Bonchev–Trinajstić information content (AvgIpc) is 2.42. The van der Waals surface area contributed by atoms with Crippen LogP contribution in [0, 0.1) is 0 Å². The number of ether oxygens (including phenoxy) is 3. The van der Waals surface area contributed by atoms with Gasteiger partial charge in [-0.1, -0.05) is 0 Å². The Kier molecular flexibility index (Phi) is 2.78. The molecule has 0 N–H and O–H groups in total. The fourth-order valence-corrected chi connectivity index (χ4v) is 3.10. The third kappa shape index (κ3) is 1.82. The quantitative estimate of drug-likeness (QED) is 0.819. The van der Waals surface area contributed by atoms with E-state index < -0.39 is 0 Å². The lowest BCUT2D eigenvalue weighted by atomic mass is 9.77. The molecule has 3 rings (SSSR count). The summed E-state index contributed by atoms with van der Waals surface area (Å²) in [5.41, 5.74) is 1.87. The van der Waals surface area contributed by atoms with E-state index in [1.54, 1.807) is 14.2 Å². The molecule has 4 heteroatoms. The van der Waals surface area contributed by atoms with Crippen LogP contribution >= 0.6 is 0 Å². The molecule has 4 nitrogen and oxygen atoms in total. The van der Waals surface area contributed by atoms with Crippen molar-refractivity contribution in [1.29, 1.82) is 0 Å². The summed E-state index contributed by atoms with van der Waals surface area (Å²) < 4.78 is 16.7. The number of hydrogen-bond acceptors (Lipinski definition) is 4. The first-order valence-corrected chi connectivity index (χ1v) is 6.53. The van der Waals surface area contributed by atoms with Crippen LogP contribution in [0.5, 0.6) is 11.5 Å². The minimum Gasteiger partial charge on any atom is -0.493 e. The molecule has 1 fully saturated rings. The predicted molar refractivity (Wildman–Crippen MR) is 69.7 cm³/mol. The molecule has 0 spiro atoms. The third-order valence-corrected chi connectivity index (χ3v) is 4.19. The van der Waals surface area contributed by atoms with E-state index in [-0.39, 0.29) is 17.5 Å². The van der Waals surface area contributed by atoms with Gasteiger partial charge >= 0.3 is 0 Å². The molecule has 2 bridgehead atoms. The van der Waals surface area contributed by atoms with Crippen LogP contribution in [0.1, 0.15) is 30.9 Å². The van der Waals surface area contributed by atoms with Gasteiger partial charge < -0.3 is 14.2 Å². The Morgan fingerprint density at radius 2 is 1.95 bits per heavy atom. The molecule has 2 aliphatic heterocycles. The van der Waals surface area contributed by atoms with Crippen LogP contribution in [-0.2, 0) is 21.6 Å². The van der Waals surface area contributed by atoms with Crippen LogP contribution in [-0.4, -0.2) is 26.1 Å². The molecule has 2 aliphatic rings. The van der Waals surface area contributed by atoms with Crippen LogP contribution in [0.25, 0.3) is 0 Å². The van der Waals surface area contributed by atoms with Gasteiger partial charge in [0.2, 0.25) is 0 Å². The van der Waals surface area contributed by atoms with Crippen LogP contribution in [0.15, 0.2) is 12.1 Å². The second-order valence-electron chi connectivity index (χ2n) is 5.37. The maximum atomic E-state index is 11.9. The molecule has 0 saturated carbocycles. The van der Waals surface area contributed by atoms with E-state index in [0.29, 0.717) is 24.3 Å². The van der Waals surface area contributed by atoms with Crippen molar-refractivity contribution in [3.05, 3.63) is 23.3 Å². The number of Topliss-reactive ketones (excluding diaryl/α,β-unsaturated/α-hetero) is 1. The van der Waals surface area contributed by atoms with Gasteiger partial charge in [0.15, 0.2) is 17.3 Å². The lowest BCUT2D eigenvalue weighted by molar-refractivity contribution is -0.163. The van der Waals surface area contributed by atoms with E-state index in [9.17, 15) is 4.79 Å². The van der Waals surface area contributed by atoms with Gasteiger partial charge in [-0.2, -0.15) is 0 Å². The lowest BCUT2D eigenvalue weighted by Gasteiger charge is -2.43. The first kappa shape index (κ1) is 12.5. The van der Waals surface area contributed by atoms with Gasteiger partial charge in [0.1, 0.15) is 6.10 Å². The average molecular weight is 262 g/mol. The van der Waals surface area contributed by atoms with Crippen LogP contribution in [0.2, 0.25) is 0 Å². The first-order chi connectivity index (χ1) is 9.07. The number of rotatable bonds is 2. The number of carbonyl (C=O) groups is 1. The largest absolute Gasteiger partial charge is 0.493 e. The fourth-order valence-electron chi connectivity index (χ4n) is 3.10. The Hall–Kier alpha value is -1.55. The van der Waals surface area contributed by atoms with Crippen molar-refractivity contribution in [2.75, 3.05) is 14.2 Å². The summed E-state index contributed by atoms with van der Waals surface area (Å²) >= 11 is 0. The normalized spacial score (nSPS) is 28.8. The topological polar surface area (TPSA) is 44.8 Å². The Labute approximate surface area is 112 Å². The maximum absolute atomic E-state index is 11.9. The molecular formula is C15H18O4. The molecule has 0 aliphatic carbocycles. The van der Waals surface area contributed by atoms with E-state index in [1.165, 1.54) is 0 Å². The molecule has 1 aromatic rings. The minimum atomic E-state index is -0.383. The molecule has 0 unspecified atom stereocenters. The first-order valence-electron chi connectivity index (χ1n) is 6.53. The summed E-state index contributed by atoms with van der Waals surface area (Å²) in [6.07, 6.45) is 1.65. The van der Waals surface area contributed by atoms with Crippen LogP contribution in [0.4, 0.5) is 0 Å². The maximum Gasteiger partial charge on any atom is 0.162 e. The van der Waals surface area contributed by atoms with Gasteiger partial charge in [-0.05, 0) is 36.6 Å². The third-order valence-electron chi connectivity index (χ3n) is 4.19. The van der Waals surface area contributed by atoms with Crippen molar-refractivity contribution >= 4 is 5.78 Å². The number of ketones is 1. The van der Waals surface area contributed by atoms with E-state index in [0.717, 1.165) is 17.5 Å². The highest BCUT2D eigenvalue weighted by atomic mass is 16.5. The smallest absolute Gasteiger partial charge is 0.162 e. The number of carbonyl (C=O) groups excluding carboxylic acids is 1. The Morgan fingerprint density at radius 3 is 2.63 bits per heavy atom. The van der Waals surface area contributed by atoms with E-state index in [1.807, 2.05) is 12.1 Å². The summed E-state index contributed by atoms with van der Waals surface area (Å²) in [5.74, 6) is 1.62. The zero-order valence-electron chi connectivity index (χ0n) is 11.5. The highest BCUT2D eigenvalue weighted by Crippen LogP contribution is 2.46. The SMILES string of the molecule is COc1cc2c(cc1OC)[C@]1(C)CCC(=O)[C@H](C2)O1. The number of benzene rings is 1. The molecule has 102 valence electrons. The van der Waals surface area contributed by atoms with Crippen molar-refractivity contribution in [2.24, 2.45) is 0 Å². The molecule has 19 heavy (non-hydrogen) atoms. The summed E-state index contributed by atoms with van der Waals surface area (Å²) in [6.45, 7) is 2.05. The van der Waals surface area contributed by atoms with E-state index >= 15 is 0 Å². The Balaban J connectivity index is 2.14. The van der Waals surface area contributed by atoms with E-state index in [2.05, 4.69) is 6.92 Å². The van der Waals surface area contributed by atoms with Gasteiger partial charge in [0.05, 0.1) is 19.8 Å². The molecule has 2 atom stereocenters. The molecule has 0 radical (unpaired) electrons. The predicted octanol–water partition coefficient (Wildman–Crippen LogP) is 2.22. The van der Waals surface area contributed by atoms with Crippen molar-refractivity contribution in [2.45, 2.75) is 37.9 Å². The summed E-state index contributed by atoms with van der Waals surface area (Å²) in [5, 5.41) is 0. The van der Waals surface area contributed by atoms with Gasteiger partial charge in [-0.25, -0.2) is 0 Å². The molecular weight excluding hydrogens is 244 g/mol. The zero-order valence-corrected chi connectivity index (χ0v) is 11.5. The van der Waals surface area contributed by atoms with Crippen molar-refractivity contribution in [3.63, 3.8) is 0 Å². The lowest BCUT2D eigenvalue weighted by Crippen LogP contribution is -2.46. The highest BCUT2D eigenvalue weighted by Gasteiger charge is 2.44. The number of fused-ring (bicyclic) bond motifs is 4. The zero-order chi connectivity index (χ0) is 13.6. The molecule has 1 aromatic carbocycles. The summed E-state index contributed by atoms with van der Waals surface area (Å²) in [6, 6.07) is 3.96. The summed E-state index contributed by atoms with van der Waals surface area (Å²) in [7, 11) is 3.25. The van der Waals surface area contributed by atoms with Gasteiger partial charge in [-0.3, -0.25) is 4.79 Å². The Bertz CT molecular complexity index is 537. The standard InChI is InChI=1S/C15H18O4/c1-15-5-4-11(16)12(19-15)6-9-7-13(17-2)14(18-3)8-10(9)15/h7-8,12H,4-6H2,1-3H3/t12-,15-/m0/s1. The number of hydrogen-bond donors (Lipinski definition) is 0. The second-order valence-corrected chi connectivity index (χ2v) is 5.37. The molecule has 1 saturated heterocycles. The monoisotopic (exact) mass is 262 g/mol. The van der Waals surface area contributed by atoms with Crippen LogP contribution < -0.4 is 9.47 Å². The number of methoxy groups -OCH3 is 2. The van der Waals surface area contributed by atoms with Crippen molar-refractivity contribution < 1.29 is 19.0 Å². The van der Waals surface area contributed by atoms with E-state index in [4.69, 9.17) is 14.2 Å². The van der Waals surface area contributed by atoms with Gasteiger partial charge in [0.25, 0.3) is 0 Å². The molecule has 0 aromatic heterocycles.